The minimum absolute atomic E-state index is 0.154. The summed E-state index contributed by atoms with van der Waals surface area (Å²) in [5, 5.41) is 10.5. The average Bonchev–Trinajstić information content (AvgIpc) is 2.37. The maximum absolute atomic E-state index is 10.5. The van der Waals surface area contributed by atoms with Gasteiger partial charge in [-0.2, -0.15) is 0 Å². The van der Waals surface area contributed by atoms with E-state index in [-0.39, 0.29) is 19.3 Å². The van der Waals surface area contributed by atoms with Gasteiger partial charge in [-0.25, -0.2) is 0 Å². The lowest BCUT2D eigenvalue weighted by atomic mass is 9.95. The zero-order valence-corrected chi connectivity index (χ0v) is 10.7. The predicted molar refractivity (Wildman–Crippen MR) is 69.7 cm³/mol. The van der Waals surface area contributed by atoms with Crippen LogP contribution in [0.3, 0.4) is 0 Å². The Morgan fingerprint density at radius 3 is 2.53 bits per heavy atom. The van der Waals surface area contributed by atoms with Gasteiger partial charge in [-0.1, -0.05) is 43.7 Å². The van der Waals surface area contributed by atoms with Gasteiger partial charge in [0.25, 0.3) is 0 Å². The smallest absolute Gasteiger partial charge is 0.125 e. The van der Waals surface area contributed by atoms with Crippen LogP contribution < -0.4 is 5.73 Å². The van der Waals surface area contributed by atoms with E-state index in [1.54, 1.807) is 0 Å². The molecule has 0 fully saturated rings. The molecule has 0 heterocycles. The highest BCUT2D eigenvalue weighted by molar-refractivity contribution is 5.22. The van der Waals surface area contributed by atoms with Gasteiger partial charge in [0.1, 0.15) is 5.60 Å². The highest BCUT2D eigenvalue weighted by Crippen LogP contribution is 2.21. The average molecular weight is 237 g/mol. The molecule has 1 aromatic rings. The summed E-state index contributed by atoms with van der Waals surface area (Å²) in [6.07, 6.45) is 2.23. The summed E-state index contributed by atoms with van der Waals surface area (Å²) in [6, 6.07) is 9.46. The molecule has 1 aromatic carbocycles. The van der Waals surface area contributed by atoms with E-state index in [4.69, 9.17) is 10.5 Å². The molecule has 0 aliphatic rings. The van der Waals surface area contributed by atoms with Crippen LogP contribution in [0, 0.1) is 0 Å². The molecule has 2 atom stereocenters. The first kappa shape index (κ1) is 14.2. The summed E-state index contributed by atoms with van der Waals surface area (Å²) in [7, 11) is 0. The van der Waals surface area contributed by atoms with Gasteiger partial charge < -0.3 is 15.6 Å². The summed E-state index contributed by atoms with van der Waals surface area (Å²) >= 11 is 0. The Morgan fingerprint density at radius 2 is 2.00 bits per heavy atom. The van der Waals surface area contributed by atoms with Crippen LogP contribution in [0.5, 0.6) is 0 Å². The van der Waals surface area contributed by atoms with Crippen LogP contribution in [-0.2, 0) is 10.3 Å². The van der Waals surface area contributed by atoms with Crippen molar-refractivity contribution < 1.29 is 9.84 Å². The van der Waals surface area contributed by atoms with Crippen LogP contribution in [0.2, 0.25) is 0 Å². The highest BCUT2D eigenvalue weighted by atomic mass is 16.5. The molecular weight excluding hydrogens is 214 g/mol. The predicted octanol–water partition coefficient (Wildman–Crippen LogP) is 2.04. The lowest BCUT2D eigenvalue weighted by Gasteiger charge is -2.28. The molecule has 0 saturated carbocycles. The van der Waals surface area contributed by atoms with E-state index in [0.29, 0.717) is 0 Å². The Morgan fingerprint density at radius 1 is 1.35 bits per heavy atom. The minimum atomic E-state index is -1.08. The molecule has 96 valence electrons. The van der Waals surface area contributed by atoms with Crippen molar-refractivity contribution in [2.45, 2.75) is 38.4 Å². The van der Waals surface area contributed by atoms with Gasteiger partial charge in [-0.05, 0) is 18.9 Å². The van der Waals surface area contributed by atoms with Gasteiger partial charge in [-0.3, -0.25) is 0 Å². The summed E-state index contributed by atoms with van der Waals surface area (Å²) in [5.74, 6) is 0. The van der Waals surface area contributed by atoms with Crippen LogP contribution in [0.1, 0.15) is 32.3 Å². The third kappa shape index (κ3) is 4.11. The number of hydrogen-bond donors (Lipinski definition) is 2. The van der Waals surface area contributed by atoms with Crippen LogP contribution in [-0.4, -0.2) is 24.4 Å². The molecule has 0 spiro atoms. The van der Waals surface area contributed by atoms with Crippen molar-refractivity contribution in [3.63, 3.8) is 0 Å². The first-order valence-electron chi connectivity index (χ1n) is 6.22. The van der Waals surface area contributed by atoms with Gasteiger partial charge >= 0.3 is 0 Å². The van der Waals surface area contributed by atoms with Crippen molar-refractivity contribution in [2.75, 3.05) is 13.2 Å². The summed E-state index contributed by atoms with van der Waals surface area (Å²) < 4.78 is 5.66. The maximum Gasteiger partial charge on any atom is 0.125 e. The van der Waals surface area contributed by atoms with Crippen molar-refractivity contribution in [2.24, 2.45) is 5.73 Å². The van der Waals surface area contributed by atoms with E-state index in [1.165, 1.54) is 0 Å². The molecule has 0 saturated heterocycles. The molecule has 3 nitrogen and oxygen atoms in total. The third-order valence-corrected chi connectivity index (χ3v) is 2.95. The topological polar surface area (TPSA) is 55.5 Å². The van der Waals surface area contributed by atoms with Crippen molar-refractivity contribution in [3.8, 4) is 0 Å². The molecule has 1 rings (SSSR count). The lowest BCUT2D eigenvalue weighted by Crippen LogP contribution is -2.40. The van der Waals surface area contributed by atoms with Crippen molar-refractivity contribution in [1.29, 1.82) is 0 Å². The third-order valence-electron chi connectivity index (χ3n) is 2.95. The van der Waals surface area contributed by atoms with E-state index < -0.39 is 5.60 Å². The SMILES string of the molecule is CCCC(C)OCC(O)(CN)c1ccccc1. The zero-order valence-electron chi connectivity index (χ0n) is 10.7. The number of nitrogens with two attached hydrogens (primary N) is 1. The lowest BCUT2D eigenvalue weighted by molar-refractivity contribution is -0.0693. The molecule has 0 amide bonds. The number of hydrogen-bond acceptors (Lipinski definition) is 3. The Kier molecular flexibility index (Phi) is 5.62. The van der Waals surface area contributed by atoms with Crippen LogP contribution in [0.15, 0.2) is 30.3 Å². The quantitative estimate of drug-likeness (QED) is 0.763. The molecule has 0 aromatic heterocycles. The second-order valence-electron chi connectivity index (χ2n) is 4.51. The number of aliphatic hydroxyl groups is 1. The molecule has 17 heavy (non-hydrogen) atoms. The molecule has 3 N–H and O–H groups in total. The Balaban J connectivity index is 2.63. The fourth-order valence-corrected chi connectivity index (χ4v) is 1.78. The monoisotopic (exact) mass is 237 g/mol. The molecule has 0 bridgehead atoms. The normalized spacial score (nSPS) is 16.5. The zero-order chi connectivity index (χ0) is 12.7. The first-order valence-corrected chi connectivity index (χ1v) is 6.22. The Bertz CT molecular complexity index is 315. The van der Waals surface area contributed by atoms with Crippen molar-refractivity contribution in [1.82, 2.24) is 0 Å². The van der Waals surface area contributed by atoms with Crippen LogP contribution in [0.25, 0.3) is 0 Å². The Hall–Kier alpha value is -0.900. The van der Waals surface area contributed by atoms with E-state index >= 15 is 0 Å². The second-order valence-corrected chi connectivity index (χ2v) is 4.51. The van der Waals surface area contributed by atoms with E-state index in [1.807, 2.05) is 37.3 Å². The van der Waals surface area contributed by atoms with E-state index in [9.17, 15) is 5.11 Å². The fourth-order valence-electron chi connectivity index (χ4n) is 1.78. The van der Waals surface area contributed by atoms with Crippen LogP contribution >= 0.6 is 0 Å². The van der Waals surface area contributed by atoms with Gasteiger partial charge in [-0.15, -0.1) is 0 Å². The van der Waals surface area contributed by atoms with Gasteiger partial charge in [0.15, 0.2) is 0 Å². The van der Waals surface area contributed by atoms with E-state index in [0.717, 1.165) is 18.4 Å². The number of rotatable bonds is 7. The van der Waals surface area contributed by atoms with Gasteiger partial charge in [0.05, 0.1) is 12.7 Å². The molecule has 0 radical (unpaired) electrons. The minimum Gasteiger partial charge on any atom is -0.381 e. The van der Waals surface area contributed by atoms with Crippen molar-refractivity contribution in [3.05, 3.63) is 35.9 Å². The summed E-state index contributed by atoms with van der Waals surface area (Å²) in [5.41, 5.74) is 5.40. The molecule has 3 heteroatoms. The molecule has 2 unspecified atom stereocenters. The molecule has 0 aliphatic heterocycles. The standard InChI is InChI=1S/C14H23NO2/c1-3-7-12(2)17-11-14(16,10-15)13-8-5-4-6-9-13/h4-6,8-9,12,16H,3,7,10-11,15H2,1-2H3. The summed E-state index contributed by atoms with van der Waals surface area (Å²) in [4.78, 5) is 0. The first-order chi connectivity index (χ1) is 8.12. The number of benzene rings is 1. The molecular formula is C14H23NO2. The Labute approximate surface area is 104 Å². The van der Waals surface area contributed by atoms with Crippen LogP contribution in [0.4, 0.5) is 0 Å². The van der Waals surface area contributed by atoms with Gasteiger partial charge in [0, 0.05) is 6.54 Å². The van der Waals surface area contributed by atoms with Gasteiger partial charge in [0.2, 0.25) is 0 Å². The molecule has 0 aliphatic carbocycles. The van der Waals surface area contributed by atoms with E-state index in [2.05, 4.69) is 6.92 Å². The summed E-state index contributed by atoms with van der Waals surface area (Å²) in [6.45, 7) is 4.54. The largest absolute Gasteiger partial charge is 0.381 e. The highest BCUT2D eigenvalue weighted by Gasteiger charge is 2.28. The van der Waals surface area contributed by atoms with Crippen molar-refractivity contribution >= 4 is 0 Å². The number of ether oxygens (including phenoxy) is 1. The second kappa shape index (κ2) is 6.74. The fraction of sp³-hybridized carbons (Fsp3) is 0.571. The maximum atomic E-state index is 10.5.